The Balaban J connectivity index is 2.11. The van der Waals surface area contributed by atoms with Crippen LogP contribution in [-0.4, -0.2) is 25.2 Å². The van der Waals surface area contributed by atoms with Gasteiger partial charge in [-0.2, -0.15) is 0 Å². The molecule has 1 heterocycles. The van der Waals surface area contributed by atoms with Gasteiger partial charge in [0.25, 0.3) is 0 Å². The lowest BCUT2D eigenvalue weighted by molar-refractivity contribution is -0.117. The summed E-state index contributed by atoms with van der Waals surface area (Å²) in [5.74, 6) is 1.27. The largest absolute Gasteiger partial charge is 0.486 e. The fourth-order valence-corrected chi connectivity index (χ4v) is 2.20. The molecule has 0 bridgehead atoms. The molecule has 0 unspecified atom stereocenters. The third kappa shape index (κ3) is 3.55. The van der Waals surface area contributed by atoms with E-state index in [9.17, 15) is 4.79 Å². The molecule has 6 heteroatoms. The number of nitrogens with two attached hydrogens (primary N) is 1. The van der Waals surface area contributed by atoms with E-state index in [-0.39, 0.29) is 5.91 Å². The van der Waals surface area contributed by atoms with Crippen LogP contribution < -0.4 is 20.5 Å². The Morgan fingerprint density at radius 3 is 2.55 bits per heavy atom. The molecule has 1 aromatic rings. The fraction of sp³-hybridized carbons (Fsp3) is 0.500. The van der Waals surface area contributed by atoms with Gasteiger partial charge >= 0.3 is 0 Å². The minimum absolute atomic E-state index is 0.253. The topological polar surface area (TPSA) is 73.6 Å². The van der Waals surface area contributed by atoms with Crippen LogP contribution in [0.25, 0.3) is 0 Å². The van der Waals surface area contributed by atoms with E-state index in [1.807, 2.05) is 13.8 Å². The van der Waals surface area contributed by atoms with Crippen LogP contribution >= 0.6 is 11.6 Å². The zero-order chi connectivity index (χ0) is 14.7. The highest BCUT2D eigenvalue weighted by Crippen LogP contribution is 2.37. The second-order valence-electron chi connectivity index (χ2n) is 5.20. The molecule has 3 N–H and O–H groups in total. The van der Waals surface area contributed by atoms with E-state index >= 15 is 0 Å². The number of hydrogen-bond donors (Lipinski definition) is 2. The van der Waals surface area contributed by atoms with Crippen molar-refractivity contribution in [3.8, 4) is 11.5 Å². The summed E-state index contributed by atoms with van der Waals surface area (Å²) < 4.78 is 10.9. The first-order valence-corrected chi connectivity index (χ1v) is 7.00. The molecule has 1 amide bonds. The molecule has 110 valence electrons. The number of ether oxygens (including phenoxy) is 2. The highest BCUT2D eigenvalue weighted by Gasteiger charge is 2.19. The lowest BCUT2D eigenvalue weighted by atomic mass is 10.0. The summed E-state index contributed by atoms with van der Waals surface area (Å²) in [6.45, 7) is 5.01. The van der Waals surface area contributed by atoms with Crippen molar-refractivity contribution in [3.63, 3.8) is 0 Å². The fourth-order valence-electron chi connectivity index (χ4n) is 2.00. The number of nitrogens with one attached hydrogen (secondary N) is 1. The van der Waals surface area contributed by atoms with Gasteiger partial charge in [0.05, 0.1) is 16.8 Å². The predicted octanol–water partition coefficient (Wildman–Crippen LogP) is 2.42. The Hall–Kier alpha value is -1.46. The number of carbonyl (C=O) groups is 1. The summed E-state index contributed by atoms with van der Waals surface area (Å²) >= 11 is 6.12. The molecule has 0 aromatic heterocycles. The van der Waals surface area contributed by atoms with Crippen molar-refractivity contribution in [1.29, 1.82) is 0 Å². The molecule has 2 rings (SSSR count). The van der Waals surface area contributed by atoms with Crippen LogP contribution in [0.15, 0.2) is 12.1 Å². The van der Waals surface area contributed by atoms with Crippen LogP contribution in [0, 0.1) is 5.92 Å². The third-order valence-corrected chi connectivity index (χ3v) is 3.26. The monoisotopic (exact) mass is 298 g/mol. The molecule has 0 saturated heterocycles. The van der Waals surface area contributed by atoms with Crippen molar-refractivity contribution >= 4 is 23.2 Å². The molecule has 20 heavy (non-hydrogen) atoms. The Labute approximate surface area is 123 Å². The first-order valence-electron chi connectivity index (χ1n) is 6.63. The van der Waals surface area contributed by atoms with Crippen LogP contribution in [0.5, 0.6) is 11.5 Å². The molecule has 0 aliphatic carbocycles. The van der Waals surface area contributed by atoms with E-state index in [0.29, 0.717) is 47.8 Å². The number of halogens is 1. The van der Waals surface area contributed by atoms with Crippen molar-refractivity contribution in [1.82, 2.24) is 0 Å². The Morgan fingerprint density at radius 2 is 1.95 bits per heavy atom. The molecule has 1 aliphatic rings. The van der Waals surface area contributed by atoms with E-state index < -0.39 is 6.04 Å². The summed E-state index contributed by atoms with van der Waals surface area (Å²) in [6.07, 6.45) is 0.619. The van der Waals surface area contributed by atoms with Crippen LogP contribution in [-0.2, 0) is 4.79 Å². The van der Waals surface area contributed by atoms with E-state index in [2.05, 4.69) is 5.32 Å². The molecule has 1 aromatic carbocycles. The minimum Gasteiger partial charge on any atom is -0.486 e. The molecule has 0 fully saturated rings. The number of rotatable bonds is 4. The number of anilines is 1. The second-order valence-corrected chi connectivity index (χ2v) is 5.61. The lowest BCUT2D eigenvalue weighted by Crippen LogP contribution is -2.36. The number of fused-ring (bicyclic) bond motifs is 1. The maximum absolute atomic E-state index is 12.0. The zero-order valence-electron chi connectivity index (χ0n) is 11.6. The Bertz CT molecular complexity index is 505. The van der Waals surface area contributed by atoms with Gasteiger partial charge < -0.3 is 20.5 Å². The first kappa shape index (κ1) is 14.9. The van der Waals surface area contributed by atoms with Gasteiger partial charge in [0.1, 0.15) is 13.2 Å². The van der Waals surface area contributed by atoms with Gasteiger partial charge in [-0.05, 0) is 12.3 Å². The molecule has 0 radical (unpaired) electrons. The maximum Gasteiger partial charge on any atom is 0.241 e. The van der Waals surface area contributed by atoms with E-state index in [0.717, 1.165) is 0 Å². The van der Waals surface area contributed by atoms with Crippen LogP contribution in [0.2, 0.25) is 5.02 Å². The number of benzene rings is 1. The standard InChI is InChI=1S/C14H19ClN2O3/c1-8(2)5-10(16)14(18)17-11-7-13-12(6-9(11)15)19-3-4-20-13/h6-8,10H,3-5,16H2,1-2H3,(H,17,18)/t10-/m1/s1. The quantitative estimate of drug-likeness (QED) is 0.895. The zero-order valence-corrected chi connectivity index (χ0v) is 12.4. The van der Waals surface area contributed by atoms with Crippen LogP contribution in [0.3, 0.4) is 0 Å². The predicted molar refractivity (Wildman–Crippen MR) is 78.5 cm³/mol. The van der Waals surface area contributed by atoms with Crippen molar-refractivity contribution in [2.24, 2.45) is 11.7 Å². The van der Waals surface area contributed by atoms with Gasteiger partial charge in [-0.1, -0.05) is 25.4 Å². The van der Waals surface area contributed by atoms with Gasteiger partial charge in [0.15, 0.2) is 11.5 Å². The first-order chi connectivity index (χ1) is 9.47. The summed E-state index contributed by atoms with van der Waals surface area (Å²) in [5.41, 5.74) is 6.33. The minimum atomic E-state index is -0.556. The average Bonchev–Trinajstić information content (AvgIpc) is 2.38. The summed E-state index contributed by atoms with van der Waals surface area (Å²) in [6, 6.07) is 2.75. The van der Waals surface area contributed by atoms with Crippen LogP contribution in [0.1, 0.15) is 20.3 Å². The van der Waals surface area contributed by atoms with Gasteiger partial charge in [-0.3, -0.25) is 4.79 Å². The van der Waals surface area contributed by atoms with Gasteiger partial charge in [-0.25, -0.2) is 0 Å². The SMILES string of the molecule is CC(C)C[C@@H](N)C(=O)Nc1cc2c(cc1Cl)OCCO2. The normalized spacial score (nSPS) is 15.1. The summed E-state index contributed by atoms with van der Waals surface area (Å²) in [5, 5.41) is 3.14. The third-order valence-electron chi connectivity index (χ3n) is 2.95. The highest BCUT2D eigenvalue weighted by atomic mass is 35.5. The van der Waals surface area contributed by atoms with Crippen molar-refractivity contribution < 1.29 is 14.3 Å². The van der Waals surface area contributed by atoms with Gasteiger partial charge in [0, 0.05) is 12.1 Å². The molecule has 1 aliphatic heterocycles. The highest BCUT2D eigenvalue weighted by molar-refractivity contribution is 6.34. The number of hydrogen-bond acceptors (Lipinski definition) is 4. The van der Waals surface area contributed by atoms with Crippen molar-refractivity contribution in [2.45, 2.75) is 26.3 Å². The van der Waals surface area contributed by atoms with Crippen molar-refractivity contribution in [3.05, 3.63) is 17.2 Å². The molecular formula is C14H19ClN2O3. The molecule has 0 saturated carbocycles. The summed E-state index contributed by atoms with van der Waals surface area (Å²) in [4.78, 5) is 12.0. The summed E-state index contributed by atoms with van der Waals surface area (Å²) in [7, 11) is 0. The van der Waals surface area contributed by atoms with Crippen molar-refractivity contribution in [2.75, 3.05) is 18.5 Å². The Morgan fingerprint density at radius 1 is 1.35 bits per heavy atom. The molecule has 0 spiro atoms. The van der Waals surface area contributed by atoms with E-state index in [1.54, 1.807) is 12.1 Å². The average molecular weight is 299 g/mol. The van der Waals surface area contributed by atoms with Gasteiger partial charge in [0.2, 0.25) is 5.91 Å². The number of carbonyl (C=O) groups excluding carboxylic acids is 1. The molecule has 5 nitrogen and oxygen atoms in total. The van der Waals surface area contributed by atoms with Gasteiger partial charge in [-0.15, -0.1) is 0 Å². The lowest BCUT2D eigenvalue weighted by Gasteiger charge is -2.20. The Kier molecular flexibility index (Phi) is 4.73. The molecule has 1 atom stereocenters. The maximum atomic E-state index is 12.0. The van der Waals surface area contributed by atoms with E-state index in [4.69, 9.17) is 26.8 Å². The second kappa shape index (κ2) is 6.33. The molecular weight excluding hydrogens is 280 g/mol. The van der Waals surface area contributed by atoms with Crippen LogP contribution in [0.4, 0.5) is 5.69 Å². The van der Waals surface area contributed by atoms with E-state index in [1.165, 1.54) is 0 Å². The number of amides is 1. The smallest absolute Gasteiger partial charge is 0.241 e.